The highest BCUT2D eigenvalue weighted by Gasteiger charge is 2.12. The number of unbranched alkanes of at least 4 members (excludes halogenated alkanes) is 1. The number of benzene rings is 1. The molecule has 1 aromatic heterocycles. The summed E-state index contributed by atoms with van der Waals surface area (Å²) in [5.41, 5.74) is 2.63. The topological polar surface area (TPSA) is 61.8 Å². The molecule has 4 heteroatoms. The summed E-state index contributed by atoms with van der Waals surface area (Å²) < 4.78 is 2.25. The van der Waals surface area contributed by atoms with Crippen LogP contribution in [0, 0.1) is 17.2 Å². The highest BCUT2D eigenvalue weighted by Crippen LogP contribution is 2.20. The van der Waals surface area contributed by atoms with Crippen molar-refractivity contribution in [3.63, 3.8) is 0 Å². The van der Waals surface area contributed by atoms with Gasteiger partial charge in [0.2, 0.25) is 0 Å². The fraction of sp³-hybridized carbons (Fsp3) is 0.500. The second-order valence-electron chi connectivity index (χ2n) is 5.53. The van der Waals surface area contributed by atoms with Gasteiger partial charge in [0.15, 0.2) is 0 Å². The van der Waals surface area contributed by atoms with E-state index in [1.807, 2.05) is 18.2 Å². The number of aryl methyl sites for hydroxylation is 1. The Kier molecular flexibility index (Phi) is 4.75. The molecule has 4 nitrogen and oxygen atoms in total. The number of imidazole rings is 1. The molecule has 0 unspecified atom stereocenters. The van der Waals surface area contributed by atoms with Gasteiger partial charge in [0.25, 0.3) is 0 Å². The van der Waals surface area contributed by atoms with E-state index in [1.165, 1.54) is 0 Å². The molecule has 1 aromatic carbocycles. The van der Waals surface area contributed by atoms with Crippen molar-refractivity contribution < 1.29 is 5.11 Å². The third kappa shape index (κ3) is 3.17. The summed E-state index contributed by atoms with van der Waals surface area (Å²) in [5.74, 6) is 1.59. The molecule has 0 aliphatic rings. The fourth-order valence-corrected chi connectivity index (χ4v) is 2.40. The van der Waals surface area contributed by atoms with E-state index in [0.717, 1.165) is 42.7 Å². The van der Waals surface area contributed by atoms with Crippen LogP contribution in [0.1, 0.15) is 38.1 Å². The third-order valence-electron chi connectivity index (χ3n) is 3.31. The fourth-order valence-electron chi connectivity index (χ4n) is 2.40. The Bertz CT molecular complexity index is 622. The average molecular weight is 271 g/mol. The van der Waals surface area contributed by atoms with Gasteiger partial charge in [0.05, 0.1) is 22.7 Å². The number of hydrogen-bond acceptors (Lipinski definition) is 3. The molecule has 2 aromatic rings. The van der Waals surface area contributed by atoms with E-state index in [-0.39, 0.29) is 6.61 Å². The first-order valence-corrected chi connectivity index (χ1v) is 7.16. The zero-order valence-corrected chi connectivity index (χ0v) is 12.1. The van der Waals surface area contributed by atoms with E-state index < -0.39 is 0 Å². The molecule has 0 saturated heterocycles. The maximum atomic E-state index is 8.98. The van der Waals surface area contributed by atoms with Gasteiger partial charge < -0.3 is 9.67 Å². The molecule has 0 radical (unpaired) electrons. The van der Waals surface area contributed by atoms with Crippen LogP contribution < -0.4 is 0 Å². The Labute approximate surface area is 119 Å². The lowest BCUT2D eigenvalue weighted by Crippen LogP contribution is -2.09. The van der Waals surface area contributed by atoms with Crippen LogP contribution in [0.3, 0.4) is 0 Å². The minimum Gasteiger partial charge on any atom is -0.396 e. The number of aliphatic hydroxyl groups is 1. The average Bonchev–Trinajstić information content (AvgIpc) is 2.76. The van der Waals surface area contributed by atoms with Crippen LogP contribution >= 0.6 is 0 Å². The van der Waals surface area contributed by atoms with E-state index in [9.17, 15) is 0 Å². The highest BCUT2D eigenvalue weighted by atomic mass is 16.2. The van der Waals surface area contributed by atoms with Crippen LogP contribution in [0.4, 0.5) is 0 Å². The maximum absolute atomic E-state index is 8.98. The van der Waals surface area contributed by atoms with Crippen LogP contribution in [0.25, 0.3) is 11.0 Å². The van der Waals surface area contributed by atoms with Gasteiger partial charge in [0, 0.05) is 19.6 Å². The monoisotopic (exact) mass is 271 g/mol. The van der Waals surface area contributed by atoms with Crippen LogP contribution in [-0.4, -0.2) is 21.3 Å². The molecule has 0 spiro atoms. The number of nitriles is 1. The Morgan fingerprint density at radius 1 is 1.35 bits per heavy atom. The van der Waals surface area contributed by atoms with Crippen molar-refractivity contribution in [2.24, 2.45) is 5.92 Å². The molecule has 106 valence electrons. The van der Waals surface area contributed by atoms with Gasteiger partial charge >= 0.3 is 0 Å². The predicted octanol–water partition coefficient (Wildman–Crippen LogP) is 2.88. The minimum atomic E-state index is 0.225. The predicted molar refractivity (Wildman–Crippen MR) is 79.3 cm³/mol. The minimum absolute atomic E-state index is 0.225. The van der Waals surface area contributed by atoms with Crippen molar-refractivity contribution >= 4 is 11.0 Å². The van der Waals surface area contributed by atoms with Crippen molar-refractivity contribution in [3.8, 4) is 6.07 Å². The molecule has 1 N–H and O–H groups in total. The van der Waals surface area contributed by atoms with E-state index >= 15 is 0 Å². The molecule has 20 heavy (non-hydrogen) atoms. The summed E-state index contributed by atoms with van der Waals surface area (Å²) >= 11 is 0. The lowest BCUT2D eigenvalue weighted by molar-refractivity contribution is 0.284. The Morgan fingerprint density at radius 2 is 2.15 bits per heavy atom. The van der Waals surface area contributed by atoms with Crippen molar-refractivity contribution in [3.05, 3.63) is 29.6 Å². The molecule has 0 fully saturated rings. The van der Waals surface area contributed by atoms with Crippen molar-refractivity contribution in [2.75, 3.05) is 6.61 Å². The molecule has 0 aliphatic heterocycles. The van der Waals surface area contributed by atoms with Gasteiger partial charge in [-0.3, -0.25) is 0 Å². The smallest absolute Gasteiger partial charge is 0.109 e. The van der Waals surface area contributed by atoms with Crippen LogP contribution in [0.15, 0.2) is 18.2 Å². The molecule has 0 saturated carbocycles. The number of aromatic nitrogens is 2. The van der Waals surface area contributed by atoms with Crippen LogP contribution in [0.2, 0.25) is 0 Å². The molecular formula is C16H21N3O. The molecule has 0 atom stereocenters. The Hall–Kier alpha value is -1.86. The second kappa shape index (κ2) is 6.53. The summed E-state index contributed by atoms with van der Waals surface area (Å²) in [4.78, 5) is 4.68. The molecule has 0 aliphatic carbocycles. The zero-order chi connectivity index (χ0) is 14.5. The molecule has 0 amide bonds. The number of hydrogen-bond donors (Lipinski definition) is 1. The van der Waals surface area contributed by atoms with E-state index in [4.69, 9.17) is 10.4 Å². The first-order chi connectivity index (χ1) is 9.65. The largest absolute Gasteiger partial charge is 0.396 e. The van der Waals surface area contributed by atoms with E-state index in [0.29, 0.717) is 11.5 Å². The third-order valence-corrected chi connectivity index (χ3v) is 3.31. The lowest BCUT2D eigenvalue weighted by Gasteiger charge is -2.11. The molecule has 1 heterocycles. The van der Waals surface area contributed by atoms with Crippen molar-refractivity contribution in [1.82, 2.24) is 9.55 Å². The molecular weight excluding hydrogens is 250 g/mol. The van der Waals surface area contributed by atoms with E-state index in [2.05, 4.69) is 29.5 Å². The van der Waals surface area contributed by atoms with Crippen LogP contribution in [-0.2, 0) is 13.0 Å². The standard InChI is InChI=1S/C16H21N3O/c1-12(2)11-19-15-7-6-13(10-17)9-14(15)18-16(19)5-3-4-8-20/h6-7,9,12,20H,3-5,8,11H2,1-2H3. The van der Waals surface area contributed by atoms with Gasteiger partial charge in [-0.25, -0.2) is 4.98 Å². The Morgan fingerprint density at radius 3 is 2.80 bits per heavy atom. The van der Waals surface area contributed by atoms with Gasteiger partial charge in [-0.1, -0.05) is 13.8 Å². The maximum Gasteiger partial charge on any atom is 0.109 e. The number of fused-ring (bicyclic) bond motifs is 1. The molecule has 2 rings (SSSR count). The summed E-state index contributed by atoms with van der Waals surface area (Å²) in [6.45, 7) is 5.53. The lowest BCUT2D eigenvalue weighted by atomic mass is 10.2. The summed E-state index contributed by atoms with van der Waals surface area (Å²) in [6.07, 6.45) is 2.60. The Balaban J connectivity index is 2.40. The van der Waals surface area contributed by atoms with Crippen molar-refractivity contribution in [2.45, 2.75) is 39.7 Å². The first-order valence-electron chi connectivity index (χ1n) is 7.16. The number of aliphatic hydroxyl groups excluding tert-OH is 1. The quantitative estimate of drug-likeness (QED) is 0.822. The first kappa shape index (κ1) is 14.5. The number of nitrogens with zero attached hydrogens (tertiary/aromatic N) is 3. The summed E-state index contributed by atoms with van der Waals surface area (Å²) in [6, 6.07) is 7.84. The highest BCUT2D eigenvalue weighted by molar-refractivity contribution is 5.77. The SMILES string of the molecule is CC(C)Cn1c(CCCCO)nc2cc(C#N)ccc21. The van der Waals surface area contributed by atoms with Crippen LogP contribution in [0.5, 0.6) is 0 Å². The zero-order valence-electron chi connectivity index (χ0n) is 12.1. The van der Waals surface area contributed by atoms with Gasteiger partial charge in [-0.15, -0.1) is 0 Å². The van der Waals surface area contributed by atoms with Gasteiger partial charge in [-0.2, -0.15) is 5.26 Å². The van der Waals surface area contributed by atoms with Crippen molar-refractivity contribution in [1.29, 1.82) is 5.26 Å². The van der Waals surface area contributed by atoms with E-state index in [1.54, 1.807) is 0 Å². The molecule has 0 bridgehead atoms. The van der Waals surface area contributed by atoms with Gasteiger partial charge in [-0.05, 0) is 37.0 Å². The normalized spacial score (nSPS) is 11.2. The summed E-state index contributed by atoms with van der Waals surface area (Å²) in [7, 11) is 0. The summed E-state index contributed by atoms with van der Waals surface area (Å²) in [5, 5.41) is 17.9. The second-order valence-corrected chi connectivity index (χ2v) is 5.53. The number of rotatable bonds is 6. The van der Waals surface area contributed by atoms with Gasteiger partial charge in [0.1, 0.15) is 5.82 Å².